The number of aliphatic carboxylic acids is 1. The largest absolute Gasteiger partial charge is 0.479 e. The van der Waals surface area contributed by atoms with Crippen LogP contribution in [0.3, 0.4) is 0 Å². The normalized spacial score (nSPS) is 21.9. The van der Waals surface area contributed by atoms with Gasteiger partial charge in [0, 0.05) is 19.8 Å². The van der Waals surface area contributed by atoms with Crippen molar-refractivity contribution in [3.8, 4) is 0 Å². The Morgan fingerprint density at radius 3 is 2.85 bits per heavy atom. The van der Waals surface area contributed by atoms with Crippen molar-refractivity contribution >= 4 is 11.9 Å². The van der Waals surface area contributed by atoms with Gasteiger partial charge in [0.05, 0.1) is 6.20 Å². The molecule has 0 aromatic carbocycles. The molecule has 7 heteroatoms. The Labute approximate surface area is 116 Å². The molecule has 0 bridgehead atoms. The van der Waals surface area contributed by atoms with E-state index in [2.05, 4.69) is 10.4 Å². The molecule has 1 aromatic rings. The van der Waals surface area contributed by atoms with E-state index in [4.69, 9.17) is 9.84 Å². The van der Waals surface area contributed by atoms with Gasteiger partial charge < -0.3 is 15.2 Å². The van der Waals surface area contributed by atoms with E-state index in [1.165, 1.54) is 0 Å². The van der Waals surface area contributed by atoms with E-state index >= 15 is 0 Å². The van der Waals surface area contributed by atoms with Crippen molar-refractivity contribution in [1.82, 2.24) is 15.1 Å². The molecule has 1 saturated heterocycles. The molecule has 2 heterocycles. The highest BCUT2D eigenvalue weighted by Gasteiger charge is 2.34. The number of ether oxygens (including phenoxy) is 1. The number of carbonyl (C=O) groups is 2. The monoisotopic (exact) mass is 281 g/mol. The molecule has 1 aromatic heterocycles. The fraction of sp³-hybridized carbons (Fsp3) is 0.615. The van der Waals surface area contributed by atoms with Crippen LogP contribution in [-0.4, -0.2) is 45.5 Å². The van der Waals surface area contributed by atoms with Crippen molar-refractivity contribution in [3.05, 3.63) is 18.0 Å². The molecule has 2 atom stereocenters. The summed E-state index contributed by atoms with van der Waals surface area (Å²) in [5.74, 6) is -1.23. The van der Waals surface area contributed by atoms with Crippen molar-refractivity contribution in [2.24, 2.45) is 7.05 Å². The maximum absolute atomic E-state index is 11.8. The lowest BCUT2D eigenvalue weighted by atomic mass is 10.2. The molecule has 0 unspecified atom stereocenters. The van der Waals surface area contributed by atoms with E-state index in [9.17, 15) is 9.59 Å². The van der Waals surface area contributed by atoms with E-state index in [0.29, 0.717) is 19.4 Å². The summed E-state index contributed by atoms with van der Waals surface area (Å²) in [7, 11) is 1.86. The predicted molar refractivity (Wildman–Crippen MR) is 70.1 cm³/mol. The third-order valence-electron chi connectivity index (χ3n) is 3.29. The minimum Gasteiger partial charge on any atom is -0.479 e. The Kier molecular flexibility index (Phi) is 4.73. The number of aryl methyl sites for hydroxylation is 2. The van der Waals surface area contributed by atoms with E-state index < -0.39 is 18.2 Å². The summed E-state index contributed by atoms with van der Waals surface area (Å²) in [6.07, 6.45) is 4.78. The maximum atomic E-state index is 11.8. The number of carboxylic acids is 1. The first-order chi connectivity index (χ1) is 9.56. The van der Waals surface area contributed by atoms with Gasteiger partial charge in [0.25, 0.3) is 0 Å². The number of nitrogens with zero attached hydrogens (tertiary/aromatic N) is 2. The summed E-state index contributed by atoms with van der Waals surface area (Å²) in [5, 5.41) is 15.6. The lowest BCUT2D eigenvalue weighted by Crippen LogP contribution is -2.36. The first-order valence-corrected chi connectivity index (χ1v) is 6.70. The minimum absolute atomic E-state index is 0.222. The summed E-state index contributed by atoms with van der Waals surface area (Å²) in [4.78, 5) is 22.5. The Balaban J connectivity index is 1.64. The van der Waals surface area contributed by atoms with Crippen LogP contribution in [0.5, 0.6) is 0 Å². The average molecular weight is 281 g/mol. The zero-order valence-corrected chi connectivity index (χ0v) is 11.4. The van der Waals surface area contributed by atoms with Crippen molar-refractivity contribution in [3.63, 3.8) is 0 Å². The van der Waals surface area contributed by atoms with Gasteiger partial charge in [-0.2, -0.15) is 5.10 Å². The summed E-state index contributed by atoms with van der Waals surface area (Å²) in [6, 6.07) is 0. The molecule has 0 radical (unpaired) electrons. The van der Waals surface area contributed by atoms with E-state index in [0.717, 1.165) is 18.4 Å². The third kappa shape index (κ3) is 3.80. The average Bonchev–Trinajstić information content (AvgIpc) is 3.03. The number of aromatic nitrogens is 2. The van der Waals surface area contributed by atoms with Crippen LogP contribution >= 0.6 is 0 Å². The van der Waals surface area contributed by atoms with E-state index in [1.807, 2.05) is 13.2 Å². The quantitative estimate of drug-likeness (QED) is 0.721. The van der Waals surface area contributed by atoms with Crippen LogP contribution in [0.2, 0.25) is 0 Å². The van der Waals surface area contributed by atoms with Gasteiger partial charge in [-0.05, 0) is 31.2 Å². The lowest BCUT2D eigenvalue weighted by Gasteiger charge is -2.11. The van der Waals surface area contributed by atoms with Gasteiger partial charge in [0.15, 0.2) is 6.10 Å². The van der Waals surface area contributed by atoms with Gasteiger partial charge in [0.1, 0.15) is 6.10 Å². The number of hydrogen-bond donors (Lipinski definition) is 2. The first-order valence-electron chi connectivity index (χ1n) is 6.70. The molecule has 7 nitrogen and oxygen atoms in total. The van der Waals surface area contributed by atoms with Crippen molar-refractivity contribution in [2.75, 3.05) is 6.54 Å². The van der Waals surface area contributed by atoms with Crippen molar-refractivity contribution in [1.29, 1.82) is 0 Å². The van der Waals surface area contributed by atoms with Crippen molar-refractivity contribution in [2.45, 2.75) is 37.9 Å². The van der Waals surface area contributed by atoms with Crippen LogP contribution in [-0.2, 0) is 27.8 Å². The highest BCUT2D eigenvalue weighted by Crippen LogP contribution is 2.19. The third-order valence-corrected chi connectivity index (χ3v) is 3.29. The number of carboxylic acid groups (broad SMARTS) is 1. The molecule has 0 spiro atoms. The Hall–Kier alpha value is -1.89. The highest BCUT2D eigenvalue weighted by molar-refractivity contribution is 5.82. The molecule has 2 N–H and O–H groups in total. The maximum Gasteiger partial charge on any atom is 0.332 e. The highest BCUT2D eigenvalue weighted by atomic mass is 16.5. The number of rotatable bonds is 6. The second-order valence-corrected chi connectivity index (χ2v) is 4.95. The summed E-state index contributed by atoms with van der Waals surface area (Å²) >= 11 is 0. The van der Waals surface area contributed by atoms with Gasteiger partial charge in [-0.1, -0.05) is 0 Å². The van der Waals surface area contributed by atoms with Crippen LogP contribution < -0.4 is 5.32 Å². The van der Waals surface area contributed by atoms with Gasteiger partial charge >= 0.3 is 5.97 Å². The second kappa shape index (κ2) is 6.51. The smallest absolute Gasteiger partial charge is 0.332 e. The Morgan fingerprint density at radius 2 is 2.25 bits per heavy atom. The molecule has 1 aliphatic heterocycles. The number of carbonyl (C=O) groups excluding carboxylic acids is 1. The van der Waals surface area contributed by atoms with Crippen LogP contribution in [0.15, 0.2) is 12.4 Å². The molecule has 1 fully saturated rings. The van der Waals surface area contributed by atoms with Gasteiger partial charge in [-0.15, -0.1) is 0 Å². The van der Waals surface area contributed by atoms with E-state index in [-0.39, 0.29) is 5.91 Å². The molecule has 1 aliphatic rings. The lowest BCUT2D eigenvalue weighted by molar-refractivity contribution is -0.151. The molecule has 20 heavy (non-hydrogen) atoms. The Morgan fingerprint density at radius 1 is 1.50 bits per heavy atom. The zero-order valence-electron chi connectivity index (χ0n) is 11.4. The Bertz CT molecular complexity index is 486. The molecule has 110 valence electrons. The zero-order chi connectivity index (χ0) is 14.5. The number of amides is 1. The number of hydrogen-bond acceptors (Lipinski definition) is 4. The van der Waals surface area contributed by atoms with Gasteiger partial charge in [-0.3, -0.25) is 9.48 Å². The molecular weight excluding hydrogens is 262 g/mol. The van der Waals surface area contributed by atoms with Crippen LogP contribution in [0, 0.1) is 0 Å². The predicted octanol–water partition coefficient (Wildman–Crippen LogP) is 0.101. The summed E-state index contributed by atoms with van der Waals surface area (Å²) in [5.41, 5.74) is 1.13. The molecule has 0 saturated carbocycles. The van der Waals surface area contributed by atoms with Crippen LogP contribution in [0.25, 0.3) is 0 Å². The number of nitrogens with one attached hydrogen (secondary N) is 1. The standard InChI is InChI=1S/C13H19N3O4/c1-16-8-9(7-15-16)3-2-6-14-12(17)10-4-5-11(20-10)13(18)19/h7-8,10-11H,2-6H2,1H3,(H,14,17)(H,18,19)/t10-,11+/m0/s1. The molecule has 1 amide bonds. The molecule has 2 rings (SSSR count). The second-order valence-electron chi connectivity index (χ2n) is 4.95. The SMILES string of the molecule is Cn1cc(CCCNC(=O)[C@@H]2CC[C@H](C(=O)O)O2)cn1. The minimum atomic E-state index is -1.00. The summed E-state index contributed by atoms with van der Waals surface area (Å²) in [6.45, 7) is 0.547. The molecular formula is C13H19N3O4. The summed E-state index contributed by atoms with van der Waals surface area (Å²) < 4.78 is 6.92. The topological polar surface area (TPSA) is 93.5 Å². The van der Waals surface area contributed by atoms with Crippen molar-refractivity contribution < 1.29 is 19.4 Å². The van der Waals surface area contributed by atoms with E-state index in [1.54, 1.807) is 10.9 Å². The van der Waals surface area contributed by atoms with Gasteiger partial charge in [0.2, 0.25) is 5.91 Å². The fourth-order valence-corrected chi connectivity index (χ4v) is 2.23. The first kappa shape index (κ1) is 14.5. The van der Waals surface area contributed by atoms with Gasteiger partial charge in [-0.25, -0.2) is 4.79 Å². The van der Waals surface area contributed by atoms with Crippen LogP contribution in [0.1, 0.15) is 24.8 Å². The van der Waals surface area contributed by atoms with Crippen LogP contribution in [0.4, 0.5) is 0 Å². The molecule has 0 aliphatic carbocycles. The fourth-order valence-electron chi connectivity index (χ4n) is 2.23.